The normalized spacial score (nSPS) is 23.7. The Balaban J connectivity index is 2.12. The van der Waals surface area contributed by atoms with Crippen molar-refractivity contribution in [2.45, 2.75) is 113 Å². The molecule has 0 unspecified atom stereocenters. The van der Waals surface area contributed by atoms with Gasteiger partial charge >= 0.3 is 12.0 Å². The van der Waals surface area contributed by atoms with E-state index in [1.165, 1.54) is 7.11 Å². The van der Waals surface area contributed by atoms with Gasteiger partial charge in [0.2, 0.25) is 65.0 Å². The fraction of sp³-hybridized carbons (Fsp3) is 0.556. The Morgan fingerprint density at radius 1 is 0.731 bits per heavy atom. The van der Waals surface area contributed by atoms with Crippen LogP contribution in [0.4, 0.5) is 4.79 Å². The first-order chi connectivity index (χ1) is 36.9. The first-order valence-electron chi connectivity index (χ1n) is 24.3. The molecular formula is C45H68N16O15S2. The van der Waals surface area contributed by atoms with Crippen LogP contribution in [0.25, 0.3) is 0 Å². The Morgan fingerprint density at radius 3 is 1.95 bits per heavy atom. The molecule has 13 amide bonds. The molecule has 20 N–H and O–H groups in total. The number of urea groups is 1. The molecule has 0 aromatic heterocycles. The molecule has 0 radical (unpaired) electrons. The number of hydrogen-bond acceptors (Lipinski definition) is 17. The molecular weight excluding hydrogens is 1070 g/mol. The zero-order valence-corrected chi connectivity index (χ0v) is 44.4. The maximum Gasteiger partial charge on any atom is 0.312 e. The molecule has 0 bridgehead atoms. The number of benzene rings is 1. The van der Waals surface area contributed by atoms with Gasteiger partial charge in [-0.1, -0.05) is 33.7 Å². The van der Waals surface area contributed by atoms with Crippen molar-refractivity contribution >= 4 is 105 Å². The van der Waals surface area contributed by atoms with Gasteiger partial charge in [-0.3, -0.25) is 62.5 Å². The van der Waals surface area contributed by atoms with Crippen LogP contribution in [0.15, 0.2) is 29.3 Å². The second-order valence-corrected chi connectivity index (χ2v) is 20.3. The number of amides is 13. The van der Waals surface area contributed by atoms with Crippen LogP contribution in [0.5, 0.6) is 5.75 Å². The topological polar surface area (TPSA) is 505 Å². The lowest BCUT2D eigenvalue weighted by Crippen LogP contribution is -2.59. The van der Waals surface area contributed by atoms with Gasteiger partial charge in [-0.05, 0) is 56.2 Å². The Labute approximate surface area is 455 Å². The van der Waals surface area contributed by atoms with Crippen LogP contribution < -0.4 is 81.3 Å². The highest BCUT2D eigenvalue weighted by Gasteiger charge is 2.40. The van der Waals surface area contributed by atoms with Crippen molar-refractivity contribution in [1.29, 1.82) is 0 Å². The van der Waals surface area contributed by atoms with E-state index in [9.17, 15) is 67.4 Å². The van der Waals surface area contributed by atoms with Gasteiger partial charge in [0.1, 0.15) is 54.1 Å². The Morgan fingerprint density at radius 2 is 1.33 bits per heavy atom. The molecule has 2 fully saturated rings. The third-order valence-electron chi connectivity index (χ3n) is 11.6. The summed E-state index contributed by atoms with van der Waals surface area (Å²) in [5, 5.41) is 31.6. The van der Waals surface area contributed by atoms with E-state index in [0.717, 1.165) is 33.4 Å². The Bertz CT molecular complexity index is 2400. The number of rotatable bonds is 17. The van der Waals surface area contributed by atoms with Crippen molar-refractivity contribution in [2.24, 2.45) is 33.7 Å². The minimum Gasteiger partial charge on any atom is -0.497 e. The molecule has 0 saturated carbocycles. The number of nitrogens with zero attached hydrogens (tertiary/aromatic N) is 2. The summed E-state index contributed by atoms with van der Waals surface area (Å²) in [7, 11) is 3.25. The van der Waals surface area contributed by atoms with Gasteiger partial charge in [0, 0.05) is 44.5 Å². The summed E-state index contributed by atoms with van der Waals surface area (Å²) in [5.74, 6) is -12.6. The molecule has 0 spiro atoms. The predicted molar refractivity (Wildman–Crippen MR) is 281 cm³/mol. The highest BCUT2D eigenvalue weighted by atomic mass is 33.1. The van der Waals surface area contributed by atoms with E-state index < -0.39 is 145 Å². The molecule has 8 atom stereocenters. The van der Waals surface area contributed by atoms with Crippen molar-refractivity contribution in [2.75, 3.05) is 44.8 Å². The van der Waals surface area contributed by atoms with Crippen molar-refractivity contribution in [3.8, 4) is 5.75 Å². The Kier molecular flexibility index (Phi) is 26.7. The zero-order chi connectivity index (χ0) is 58.1. The minimum atomic E-state index is -1.89. The van der Waals surface area contributed by atoms with Gasteiger partial charge in [-0.2, -0.15) is 0 Å². The zero-order valence-electron chi connectivity index (χ0n) is 42.8. The number of nitrogens with one attached hydrogen (secondary N) is 9. The number of fused-ring (bicyclic) bond motifs is 1. The monoisotopic (exact) mass is 1140 g/mol. The predicted octanol–water partition coefficient (Wildman–Crippen LogP) is -6.51. The quantitative estimate of drug-likeness (QED) is 0.0298. The van der Waals surface area contributed by atoms with Crippen LogP contribution >= 0.6 is 21.6 Å². The average Bonchev–Trinajstić information content (AvgIpc) is 3.87. The molecule has 0 aliphatic carbocycles. The largest absolute Gasteiger partial charge is 0.497 e. The van der Waals surface area contributed by atoms with Gasteiger partial charge in [-0.25, -0.2) is 4.79 Å². The van der Waals surface area contributed by atoms with Gasteiger partial charge in [-0.15, -0.1) is 0 Å². The summed E-state index contributed by atoms with van der Waals surface area (Å²) < 4.78 is 5.21. The van der Waals surface area contributed by atoms with Crippen LogP contribution in [0.1, 0.15) is 63.9 Å². The molecule has 2 saturated heterocycles. The van der Waals surface area contributed by atoms with Gasteiger partial charge in [0.25, 0.3) is 0 Å². The third kappa shape index (κ3) is 22.6. The highest BCUT2D eigenvalue weighted by molar-refractivity contribution is 8.76. The number of ether oxygens (including phenoxy) is 1. The number of carbonyl (C=O) groups excluding carboxylic acids is 12. The van der Waals surface area contributed by atoms with Gasteiger partial charge in [0.15, 0.2) is 5.96 Å². The smallest absolute Gasteiger partial charge is 0.312 e. The number of guanidine groups is 1. The third-order valence-corrected chi connectivity index (χ3v) is 14.1. The fourth-order valence-corrected chi connectivity index (χ4v) is 10.1. The molecule has 1 aromatic carbocycles. The number of carboxylic acids is 1. The standard InChI is InChI=1S/C45H68N16O15S2/c1-22(62)54-31-21-78-77-20-30(36(47)67)60-38(69)26(7-4-14-52-45(50)75)56-39(70)27(16-23-9-11-24(76-2)12-10-23)58-40(71)28(18-35(65)66)55-34(64)19-53-37(68)25(6-3-13-51-44(48)49)57-42(73)32-8-5-15-61(32)43(74)29(17-33(46)63)59-41(31)72/h9-12,25-32H,3-8,13-21H2,1-2H3,(H2,46,63)(H2,47,67)(H,53,68)(H,54,62)(H,55,64)(H,56,70)(H,57,73)(H,58,71)(H,59,72)(H,60,69)(H,65,66)(H4,48,49,51)(H3,50,52,75)/t25-,26+,27+,28-,29-,30+,31+,32+/m1/s1. The molecule has 430 valence electrons. The summed E-state index contributed by atoms with van der Waals surface area (Å²) in [5.41, 5.74) is 27.7. The molecule has 1 aromatic rings. The molecule has 31 nitrogen and oxygen atoms in total. The SMILES string of the molecule is COc1ccc(C[C@@H]2NC(=O)[C@@H](CC(=O)O)NC(=O)CNC(=O)[C@@H](CCCN=C(N)N)NC(=O)[C@@H]3CCCN3C(=O)[C@@H](CC(N)=O)NC(=O)[C@@H](NC(C)=O)CSSC[C@@H](C(N)=O)NC(=O)[C@H](CCCNC(N)=O)NC2=O)cc1. The first kappa shape index (κ1) is 64.2. The van der Waals surface area contributed by atoms with Crippen LogP contribution in [-0.2, 0) is 64.0 Å². The van der Waals surface area contributed by atoms with E-state index in [-0.39, 0.29) is 82.0 Å². The number of hydrogen-bond donors (Lipinski definition) is 15. The maximum absolute atomic E-state index is 14.3. The number of aliphatic carboxylic acids is 1. The number of methoxy groups -OCH3 is 1. The minimum absolute atomic E-state index is 0.00803. The van der Waals surface area contributed by atoms with E-state index in [2.05, 4.69) is 52.8 Å². The van der Waals surface area contributed by atoms with Crippen molar-refractivity contribution in [3.05, 3.63) is 29.8 Å². The van der Waals surface area contributed by atoms with E-state index in [0.29, 0.717) is 11.3 Å². The van der Waals surface area contributed by atoms with Crippen LogP contribution in [0.3, 0.4) is 0 Å². The van der Waals surface area contributed by atoms with Crippen molar-refractivity contribution in [3.63, 3.8) is 0 Å². The number of aliphatic imine (C=N–C) groups is 1. The van der Waals surface area contributed by atoms with Crippen molar-refractivity contribution in [1.82, 2.24) is 52.8 Å². The van der Waals surface area contributed by atoms with Crippen LogP contribution in [0.2, 0.25) is 0 Å². The number of carboxylic acid groups (broad SMARTS) is 1. The van der Waals surface area contributed by atoms with Crippen LogP contribution in [-0.4, -0.2) is 186 Å². The summed E-state index contributed by atoms with van der Waals surface area (Å²) in [6.07, 6.45) is -2.04. The number of nitrogens with two attached hydrogens (primary N) is 5. The maximum atomic E-state index is 14.3. The number of primary amides is 3. The average molecular weight is 1140 g/mol. The lowest BCUT2D eigenvalue weighted by Gasteiger charge is -2.30. The summed E-state index contributed by atoms with van der Waals surface area (Å²) in [6.45, 7) is 0.0646. The molecule has 33 heteroatoms. The van der Waals surface area contributed by atoms with E-state index >= 15 is 0 Å². The highest BCUT2D eigenvalue weighted by Crippen LogP contribution is 2.24. The lowest BCUT2D eigenvalue weighted by molar-refractivity contribution is -0.143. The molecule has 3 rings (SSSR count). The lowest BCUT2D eigenvalue weighted by atomic mass is 10.0. The second kappa shape index (κ2) is 32.5. The summed E-state index contributed by atoms with van der Waals surface area (Å²) >= 11 is 0. The first-order valence-corrected chi connectivity index (χ1v) is 26.8. The molecule has 2 aliphatic rings. The molecule has 2 heterocycles. The van der Waals surface area contributed by atoms with Gasteiger partial charge < -0.3 is 91.3 Å². The Hall–Kier alpha value is -8.10. The van der Waals surface area contributed by atoms with Crippen molar-refractivity contribution < 1.29 is 72.2 Å². The second-order valence-electron chi connectivity index (χ2n) is 17.8. The number of carbonyl (C=O) groups is 13. The molecule has 2 aliphatic heterocycles. The fourth-order valence-electron chi connectivity index (χ4n) is 7.80. The van der Waals surface area contributed by atoms with E-state index in [1.54, 1.807) is 24.3 Å². The van der Waals surface area contributed by atoms with Gasteiger partial charge in [0.05, 0.1) is 26.5 Å². The molecule has 78 heavy (non-hydrogen) atoms. The summed E-state index contributed by atoms with van der Waals surface area (Å²) in [4.78, 5) is 177. The van der Waals surface area contributed by atoms with E-state index in [1.807, 2.05) is 0 Å². The summed E-state index contributed by atoms with van der Waals surface area (Å²) in [6, 6.07) is -6.92. The van der Waals surface area contributed by atoms with Crippen LogP contribution in [0, 0.1) is 0 Å². The van der Waals surface area contributed by atoms with E-state index in [4.69, 9.17) is 33.4 Å².